The van der Waals surface area contributed by atoms with Crippen LogP contribution >= 0.6 is 11.8 Å². The molecule has 37 heavy (non-hydrogen) atoms. The second kappa shape index (κ2) is 9.95. The summed E-state index contributed by atoms with van der Waals surface area (Å²) in [6.07, 6.45) is 8.69. The topological polar surface area (TPSA) is 81.2 Å². The molecular weight excluding hydrogens is 486 g/mol. The number of likely N-dealkylation sites (tertiary alicyclic amines) is 1. The number of hydrogen-bond donors (Lipinski definition) is 1. The number of fused-ring (bicyclic) bond motifs is 2. The second-order valence-electron chi connectivity index (χ2n) is 11.3. The van der Waals surface area contributed by atoms with Crippen LogP contribution in [0.25, 0.3) is 0 Å². The molecule has 0 bridgehead atoms. The van der Waals surface area contributed by atoms with E-state index in [-0.39, 0.29) is 41.5 Å². The molecular formula is C29H37N3O4S. The highest BCUT2D eigenvalue weighted by Gasteiger charge is 2.71. The molecule has 1 N–H and O–H groups in total. The first-order valence-corrected chi connectivity index (χ1v) is 14.2. The van der Waals surface area contributed by atoms with Crippen LogP contribution < -0.4 is 4.90 Å². The van der Waals surface area contributed by atoms with Crippen LogP contribution in [-0.4, -0.2) is 80.4 Å². The van der Waals surface area contributed by atoms with Gasteiger partial charge in [0.1, 0.15) is 6.04 Å². The standard InChI is InChI=1S/C29H37N3O4S/c1-18(2)16-21(17-33)32-25-28(36)30(19(3)4)15-9-13-29(25)24(27(32)35)23-22(37-29)12-8-14-31(26(23)34)20-10-6-5-7-11-20/h5-13,18-19,21-25,33H,14-17H2,1-4H3/t21-,22+,23-,24+,25?,29+/m1/s1. The first-order chi connectivity index (χ1) is 17.7. The predicted octanol–water partition coefficient (Wildman–Crippen LogP) is 3.10. The summed E-state index contributed by atoms with van der Waals surface area (Å²) in [7, 11) is 0. The Kier molecular flexibility index (Phi) is 7.00. The van der Waals surface area contributed by atoms with Crippen LogP contribution in [0.1, 0.15) is 34.1 Å². The lowest BCUT2D eigenvalue weighted by Gasteiger charge is -2.39. The fourth-order valence-electron chi connectivity index (χ4n) is 6.61. The minimum atomic E-state index is -0.864. The van der Waals surface area contributed by atoms with Crippen molar-refractivity contribution < 1.29 is 19.5 Å². The van der Waals surface area contributed by atoms with Crippen LogP contribution in [0.4, 0.5) is 5.69 Å². The van der Waals surface area contributed by atoms with Crippen LogP contribution in [0.15, 0.2) is 54.6 Å². The average Bonchev–Trinajstić information content (AvgIpc) is 3.18. The van der Waals surface area contributed by atoms with Gasteiger partial charge in [0.2, 0.25) is 17.7 Å². The minimum Gasteiger partial charge on any atom is -0.394 e. The van der Waals surface area contributed by atoms with Gasteiger partial charge in [-0.3, -0.25) is 14.4 Å². The molecule has 4 aliphatic heterocycles. The number of nitrogens with zero attached hydrogens (tertiary/aromatic N) is 3. The number of amides is 3. The molecule has 3 amide bonds. The summed E-state index contributed by atoms with van der Waals surface area (Å²) in [6, 6.07) is 8.28. The van der Waals surface area contributed by atoms with Crippen molar-refractivity contribution in [1.29, 1.82) is 0 Å². The molecule has 1 aromatic carbocycles. The number of rotatable bonds is 6. The number of carbonyl (C=O) groups is 3. The first kappa shape index (κ1) is 26.0. The Morgan fingerprint density at radius 2 is 1.73 bits per heavy atom. The predicted molar refractivity (Wildman–Crippen MR) is 146 cm³/mol. The molecule has 1 spiro atoms. The fourth-order valence-corrected chi connectivity index (χ4v) is 8.61. The van der Waals surface area contributed by atoms with Crippen molar-refractivity contribution in [3.05, 3.63) is 54.6 Å². The third-order valence-electron chi connectivity index (χ3n) is 8.17. The van der Waals surface area contributed by atoms with E-state index >= 15 is 0 Å². The molecule has 0 radical (unpaired) electrons. The van der Waals surface area contributed by atoms with Gasteiger partial charge in [0, 0.05) is 30.1 Å². The number of aliphatic hydroxyl groups is 1. The van der Waals surface area contributed by atoms with E-state index < -0.39 is 28.7 Å². The molecule has 198 valence electrons. The highest BCUT2D eigenvalue weighted by Crippen LogP contribution is 2.61. The van der Waals surface area contributed by atoms with E-state index in [1.807, 2.05) is 67.3 Å². The summed E-state index contributed by atoms with van der Waals surface area (Å²) in [6.45, 7) is 8.76. The lowest BCUT2D eigenvalue weighted by Crippen LogP contribution is -2.57. The van der Waals surface area contributed by atoms with Gasteiger partial charge in [-0.2, -0.15) is 0 Å². The normalized spacial score (nSPS) is 32.1. The smallest absolute Gasteiger partial charge is 0.247 e. The third kappa shape index (κ3) is 4.13. The third-order valence-corrected chi connectivity index (χ3v) is 9.91. The van der Waals surface area contributed by atoms with Crippen molar-refractivity contribution in [2.45, 2.75) is 62.2 Å². The van der Waals surface area contributed by atoms with Crippen LogP contribution in [0.2, 0.25) is 0 Å². The molecule has 1 aromatic rings. The average molecular weight is 524 g/mol. The van der Waals surface area contributed by atoms with E-state index in [4.69, 9.17) is 0 Å². The molecule has 1 unspecified atom stereocenters. The van der Waals surface area contributed by atoms with Crippen molar-refractivity contribution >= 4 is 35.2 Å². The Balaban J connectivity index is 1.63. The van der Waals surface area contributed by atoms with Crippen molar-refractivity contribution in [2.24, 2.45) is 17.8 Å². The van der Waals surface area contributed by atoms with E-state index in [1.165, 1.54) is 0 Å². The van der Waals surface area contributed by atoms with Gasteiger partial charge < -0.3 is 19.8 Å². The molecule has 4 heterocycles. The monoisotopic (exact) mass is 523 g/mol. The van der Waals surface area contributed by atoms with Gasteiger partial charge >= 0.3 is 0 Å². The highest BCUT2D eigenvalue weighted by atomic mass is 32.2. The van der Waals surface area contributed by atoms with E-state index in [2.05, 4.69) is 19.9 Å². The minimum absolute atomic E-state index is 0.0343. The van der Waals surface area contributed by atoms with Crippen LogP contribution in [0.3, 0.4) is 0 Å². The maximum Gasteiger partial charge on any atom is 0.247 e. The van der Waals surface area contributed by atoms with Crippen molar-refractivity contribution in [3.63, 3.8) is 0 Å². The molecule has 2 saturated heterocycles. The quantitative estimate of drug-likeness (QED) is 0.580. The van der Waals surface area contributed by atoms with E-state index in [0.717, 1.165) is 5.69 Å². The Morgan fingerprint density at radius 3 is 2.38 bits per heavy atom. The number of thioether (sulfide) groups is 1. The molecule has 7 nitrogen and oxygen atoms in total. The zero-order valence-electron chi connectivity index (χ0n) is 22.0. The molecule has 0 aliphatic carbocycles. The van der Waals surface area contributed by atoms with Gasteiger partial charge in [-0.1, -0.05) is 56.4 Å². The highest BCUT2D eigenvalue weighted by molar-refractivity contribution is 8.02. The summed E-state index contributed by atoms with van der Waals surface area (Å²) in [5, 5.41) is 10.2. The number of anilines is 1. The fraction of sp³-hybridized carbons (Fsp3) is 0.552. The lowest BCUT2D eigenvalue weighted by molar-refractivity contribution is -0.146. The lowest BCUT2D eigenvalue weighted by atomic mass is 9.78. The Labute approximate surface area is 223 Å². The van der Waals surface area contributed by atoms with Crippen molar-refractivity contribution in [3.8, 4) is 0 Å². The number of aliphatic hydroxyl groups excluding tert-OH is 1. The summed E-state index contributed by atoms with van der Waals surface area (Å²) in [4.78, 5) is 48.0. The van der Waals surface area contributed by atoms with Gasteiger partial charge in [0.05, 0.1) is 29.2 Å². The number of benzene rings is 1. The van der Waals surface area contributed by atoms with Crippen LogP contribution in [-0.2, 0) is 14.4 Å². The SMILES string of the molecule is CC(C)C[C@H](CO)N1C(=O)[C@@H]2[C@@H]3C(=O)N(c4ccccc4)CC=C[C@@H]3S[C@@]23C=CCN(C(C)C)C(=O)C13. The second-order valence-corrected chi connectivity index (χ2v) is 12.7. The first-order valence-electron chi connectivity index (χ1n) is 13.3. The van der Waals surface area contributed by atoms with E-state index in [1.54, 1.807) is 21.6 Å². The van der Waals surface area contributed by atoms with Gasteiger partial charge in [-0.25, -0.2) is 0 Å². The van der Waals surface area contributed by atoms with E-state index in [0.29, 0.717) is 19.5 Å². The summed E-state index contributed by atoms with van der Waals surface area (Å²) < 4.78 is -0.864. The van der Waals surface area contributed by atoms with Gasteiger partial charge in [-0.05, 0) is 38.3 Å². The van der Waals surface area contributed by atoms with Gasteiger partial charge in [-0.15, -0.1) is 11.8 Å². The largest absolute Gasteiger partial charge is 0.394 e. The Hall–Kier alpha value is -2.58. The zero-order valence-corrected chi connectivity index (χ0v) is 22.8. The summed E-state index contributed by atoms with van der Waals surface area (Å²) >= 11 is 1.58. The van der Waals surface area contributed by atoms with Crippen molar-refractivity contribution in [1.82, 2.24) is 9.80 Å². The van der Waals surface area contributed by atoms with Crippen LogP contribution in [0, 0.1) is 17.8 Å². The maximum atomic E-state index is 14.4. The number of hydrogen-bond acceptors (Lipinski definition) is 5. The van der Waals surface area contributed by atoms with Crippen LogP contribution in [0.5, 0.6) is 0 Å². The summed E-state index contributed by atoms with van der Waals surface area (Å²) in [5.41, 5.74) is 0.800. The summed E-state index contributed by atoms with van der Waals surface area (Å²) in [5.74, 6) is -1.41. The van der Waals surface area contributed by atoms with Gasteiger partial charge in [0.25, 0.3) is 0 Å². The maximum absolute atomic E-state index is 14.4. The molecule has 0 saturated carbocycles. The van der Waals surface area contributed by atoms with E-state index in [9.17, 15) is 19.5 Å². The molecule has 6 atom stereocenters. The number of para-hydroxylation sites is 1. The molecule has 8 heteroatoms. The zero-order chi connectivity index (χ0) is 26.5. The number of carbonyl (C=O) groups excluding carboxylic acids is 3. The van der Waals surface area contributed by atoms with Gasteiger partial charge in [0.15, 0.2) is 0 Å². The molecule has 2 fully saturated rings. The Morgan fingerprint density at radius 1 is 1.00 bits per heavy atom. The van der Waals surface area contributed by atoms with Crippen molar-refractivity contribution in [2.75, 3.05) is 24.6 Å². The molecule has 4 aliphatic rings. The Bertz CT molecular complexity index is 1120. The molecule has 0 aromatic heterocycles. The molecule has 5 rings (SSSR count).